The van der Waals surface area contributed by atoms with Gasteiger partial charge in [0.15, 0.2) is 5.82 Å². The monoisotopic (exact) mass is 307 g/mol. The molecule has 0 unspecified atom stereocenters. The summed E-state index contributed by atoms with van der Waals surface area (Å²) < 4.78 is 2.82. The first-order valence-corrected chi connectivity index (χ1v) is 6.84. The van der Waals surface area contributed by atoms with E-state index in [0.29, 0.717) is 5.69 Å². The zero-order valence-corrected chi connectivity index (χ0v) is 11.5. The molecule has 1 aromatic heterocycles. The zero-order valence-electron chi connectivity index (χ0n) is 9.88. The highest BCUT2D eigenvalue weighted by atomic mass is 79.9. The highest BCUT2D eigenvalue weighted by molar-refractivity contribution is 9.10. The van der Waals surface area contributed by atoms with Gasteiger partial charge in [-0.25, -0.2) is 4.68 Å². The Labute approximate surface area is 113 Å². The number of nitrogens with zero attached hydrogens (tertiary/aromatic N) is 4. The lowest BCUT2D eigenvalue weighted by Gasteiger charge is -2.25. The van der Waals surface area contributed by atoms with Crippen molar-refractivity contribution in [1.82, 2.24) is 20.2 Å². The summed E-state index contributed by atoms with van der Waals surface area (Å²) in [5, 5.41) is 12.0. The molecule has 1 saturated carbocycles. The van der Waals surface area contributed by atoms with Crippen LogP contribution in [0.1, 0.15) is 19.3 Å². The molecular formula is C12H14BrN5. The van der Waals surface area contributed by atoms with Crippen LogP contribution in [0.2, 0.25) is 0 Å². The Morgan fingerprint density at radius 2 is 2.17 bits per heavy atom. The van der Waals surface area contributed by atoms with E-state index < -0.39 is 0 Å². The summed E-state index contributed by atoms with van der Waals surface area (Å²) in [4.78, 5) is 0. The van der Waals surface area contributed by atoms with Crippen molar-refractivity contribution >= 4 is 21.6 Å². The van der Waals surface area contributed by atoms with Gasteiger partial charge in [0, 0.05) is 22.3 Å². The lowest BCUT2D eigenvalue weighted by Crippen LogP contribution is -2.19. The molecule has 2 N–H and O–H groups in total. The van der Waals surface area contributed by atoms with Crippen LogP contribution in [-0.2, 0) is 6.54 Å². The minimum atomic E-state index is 0.706. The Kier molecular flexibility index (Phi) is 3.03. The molecule has 0 atom stereocenters. The van der Waals surface area contributed by atoms with E-state index in [0.717, 1.165) is 28.3 Å². The fourth-order valence-corrected chi connectivity index (χ4v) is 2.71. The molecule has 1 aromatic carbocycles. The van der Waals surface area contributed by atoms with Gasteiger partial charge in [-0.1, -0.05) is 22.4 Å². The van der Waals surface area contributed by atoms with Crippen molar-refractivity contribution in [3.8, 4) is 11.4 Å². The van der Waals surface area contributed by atoms with Crippen molar-refractivity contribution in [2.75, 3.05) is 5.73 Å². The van der Waals surface area contributed by atoms with Crippen LogP contribution in [0.25, 0.3) is 11.4 Å². The molecule has 1 heterocycles. The average Bonchev–Trinajstić information content (AvgIpc) is 2.70. The van der Waals surface area contributed by atoms with Crippen LogP contribution in [0.3, 0.4) is 0 Å². The van der Waals surface area contributed by atoms with Crippen LogP contribution in [0.4, 0.5) is 5.69 Å². The predicted molar refractivity (Wildman–Crippen MR) is 72.7 cm³/mol. The van der Waals surface area contributed by atoms with Crippen LogP contribution >= 0.6 is 15.9 Å². The largest absolute Gasteiger partial charge is 0.399 e. The third-order valence-corrected chi connectivity index (χ3v) is 3.82. The number of anilines is 1. The Morgan fingerprint density at radius 3 is 2.83 bits per heavy atom. The third-order valence-electron chi connectivity index (χ3n) is 3.37. The Balaban J connectivity index is 1.92. The topological polar surface area (TPSA) is 69.6 Å². The first-order valence-electron chi connectivity index (χ1n) is 6.05. The first kappa shape index (κ1) is 11.6. The number of benzene rings is 1. The second kappa shape index (κ2) is 4.68. The molecule has 3 rings (SSSR count). The Bertz CT molecular complexity index is 541. The third kappa shape index (κ3) is 2.25. The van der Waals surface area contributed by atoms with Crippen LogP contribution < -0.4 is 5.73 Å². The van der Waals surface area contributed by atoms with Crippen molar-refractivity contribution in [2.24, 2.45) is 5.92 Å². The molecule has 5 nitrogen and oxygen atoms in total. The number of nitrogen functional groups attached to an aromatic ring is 1. The highest BCUT2D eigenvalue weighted by Crippen LogP contribution is 2.30. The first-order chi connectivity index (χ1) is 8.72. The fraction of sp³-hybridized carbons (Fsp3) is 0.417. The maximum atomic E-state index is 5.85. The molecule has 6 heteroatoms. The summed E-state index contributed by atoms with van der Waals surface area (Å²) in [6.45, 7) is 0.898. The summed E-state index contributed by atoms with van der Waals surface area (Å²) in [7, 11) is 0. The van der Waals surface area contributed by atoms with E-state index in [1.54, 1.807) is 0 Å². The number of hydrogen-bond acceptors (Lipinski definition) is 4. The van der Waals surface area contributed by atoms with E-state index in [1.807, 2.05) is 22.9 Å². The fourth-order valence-electron chi connectivity index (χ4n) is 2.20. The predicted octanol–water partition coefficient (Wildman–Crippen LogP) is 2.48. The van der Waals surface area contributed by atoms with E-state index in [1.165, 1.54) is 19.3 Å². The molecule has 2 aromatic rings. The van der Waals surface area contributed by atoms with Gasteiger partial charge in [0.1, 0.15) is 0 Å². The van der Waals surface area contributed by atoms with E-state index in [2.05, 4.69) is 31.5 Å². The van der Waals surface area contributed by atoms with Crippen molar-refractivity contribution in [3.63, 3.8) is 0 Å². The summed E-state index contributed by atoms with van der Waals surface area (Å²) in [5.41, 5.74) is 7.50. The number of aromatic nitrogens is 4. The SMILES string of the molecule is Nc1cc(Br)cc(-c2nnnn2CC2CCC2)c1. The van der Waals surface area contributed by atoms with E-state index >= 15 is 0 Å². The molecule has 0 amide bonds. The van der Waals surface area contributed by atoms with Gasteiger partial charge in [0.05, 0.1) is 0 Å². The molecule has 0 aliphatic heterocycles. The van der Waals surface area contributed by atoms with Gasteiger partial charge in [-0.3, -0.25) is 0 Å². The minimum absolute atomic E-state index is 0.706. The van der Waals surface area contributed by atoms with E-state index in [4.69, 9.17) is 5.73 Å². The molecule has 1 aliphatic carbocycles. The number of halogens is 1. The summed E-state index contributed by atoms with van der Waals surface area (Å²) in [6, 6.07) is 5.75. The van der Waals surface area contributed by atoms with Crippen LogP contribution in [0, 0.1) is 5.92 Å². The van der Waals surface area contributed by atoms with Gasteiger partial charge in [-0.15, -0.1) is 5.10 Å². The summed E-state index contributed by atoms with van der Waals surface area (Å²) in [6.07, 6.45) is 3.88. The van der Waals surface area contributed by atoms with E-state index in [9.17, 15) is 0 Å². The molecule has 0 spiro atoms. The molecule has 0 saturated heterocycles. The normalized spacial score (nSPS) is 15.6. The molecule has 1 aliphatic rings. The Hall–Kier alpha value is -1.43. The standard InChI is InChI=1S/C12H14BrN5/c13-10-4-9(5-11(14)6-10)12-15-16-17-18(12)7-8-2-1-3-8/h4-6,8H,1-3,7,14H2. The number of nitrogens with two attached hydrogens (primary N) is 1. The van der Waals surface area contributed by atoms with Crippen molar-refractivity contribution in [2.45, 2.75) is 25.8 Å². The van der Waals surface area contributed by atoms with Gasteiger partial charge in [0.25, 0.3) is 0 Å². The van der Waals surface area contributed by atoms with Gasteiger partial charge in [-0.05, 0) is 47.4 Å². The molecule has 0 radical (unpaired) electrons. The maximum Gasteiger partial charge on any atom is 0.182 e. The van der Waals surface area contributed by atoms with Crippen molar-refractivity contribution in [1.29, 1.82) is 0 Å². The zero-order chi connectivity index (χ0) is 12.5. The van der Waals surface area contributed by atoms with Crippen molar-refractivity contribution < 1.29 is 0 Å². The lowest BCUT2D eigenvalue weighted by molar-refractivity contribution is 0.265. The van der Waals surface area contributed by atoms with E-state index in [-0.39, 0.29) is 0 Å². The maximum absolute atomic E-state index is 5.85. The minimum Gasteiger partial charge on any atom is -0.399 e. The van der Waals surface area contributed by atoms with Gasteiger partial charge in [-0.2, -0.15) is 0 Å². The molecular weight excluding hydrogens is 294 g/mol. The molecule has 94 valence electrons. The number of rotatable bonds is 3. The summed E-state index contributed by atoms with van der Waals surface area (Å²) in [5.74, 6) is 1.51. The highest BCUT2D eigenvalue weighted by Gasteiger charge is 2.20. The summed E-state index contributed by atoms with van der Waals surface area (Å²) >= 11 is 3.44. The number of tetrazole rings is 1. The van der Waals surface area contributed by atoms with Crippen LogP contribution in [-0.4, -0.2) is 20.2 Å². The Morgan fingerprint density at radius 1 is 1.33 bits per heavy atom. The van der Waals surface area contributed by atoms with Gasteiger partial charge in [0.2, 0.25) is 0 Å². The van der Waals surface area contributed by atoms with Crippen molar-refractivity contribution in [3.05, 3.63) is 22.7 Å². The van der Waals surface area contributed by atoms with Crippen LogP contribution in [0.5, 0.6) is 0 Å². The quantitative estimate of drug-likeness (QED) is 0.884. The number of hydrogen-bond donors (Lipinski definition) is 1. The molecule has 0 bridgehead atoms. The average molecular weight is 308 g/mol. The second-order valence-corrected chi connectivity index (χ2v) is 5.67. The second-order valence-electron chi connectivity index (χ2n) is 4.75. The van der Waals surface area contributed by atoms with Crippen LogP contribution in [0.15, 0.2) is 22.7 Å². The smallest absolute Gasteiger partial charge is 0.182 e. The molecule has 18 heavy (non-hydrogen) atoms. The van der Waals surface area contributed by atoms with Gasteiger partial charge >= 0.3 is 0 Å². The van der Waals surface area contributed by atoms with Gasteiger partial charge < -0.3 is 5.73 Å². The lowest BCUT2D eigenvalue weighted by atomic mass is 9.85. The molecule has 1 fully saturated rings.